The fourth-order valence-corrected chi connectivity index (χ4v) is 4.70. The quantitative estimate of drug-likeness (QED) is 0.495. The van der Waals surface area contributed by atoms with Gasteiger partial charge in [0.25, 0.3) is 10.0 Å². The second kappa shape index (κ2) is 8.35. The summed E-state index contributed by atoms with van der Waals surface area (Å²) in [6, 6.07) is 14.1. The van der Waals surface area contributed by atoms with E-state index in [4.69, 9.17) is 4.74 Å². The second-order valence-electron chi connectivity index (χ2n) is 7.60. The lowest BCUT2D eigenvalue weighted by Crippen LogP contribution is -2.33. The fraction of sp³-hybridized carbons (Fsp3) is 0.286. The van der Waals surface area contributed by atoms with Crippen LogP contribution < -0.4 is 5.32 Å². The average molecular weight is 526 g/mol. The van der Waals surface area contributed by atoms with Gasteiger partial charge >= 0.3 is 6.09 Å². The minimum absolute atomic E-state index is 0.233. The van der Waals surface area contributed by atoms with Crippen LogP contribution in [0.1, 0.15) is 26.3 Å². The van der Waals surface area contributed by atoms with Gasteiger partial charge in [0.1, 0.15) is 5.60 Å². The van der Waals surface area contributed by atoms with Gasteiger partial charge in [0.2, 0.25) is 0 Å². The van der Waals surface area contributed by atoms with Crippen LogP contribution in [-0.4, -0.2) is 30.6 Å². The number of halogens is 1. The summed E-state index contributed by atoms with van der Waals surface area (Å²) in [6.07, 6.45) is 1.62. The number of hydrogen-bond acceptors (Lipinski definition) is 4. The number of nitrogens with one attached hydrogen (secondary N) is 1. The Hall–Kier alpha value is -2.07. The third-order valence-corrected chi connectivity index (χ3v) is 6.60. The van der Waals surface area contributed by atoms with Crippen LogP contribution in [0.5, 0.6) is 0 Å². The third-order valence-electron chi connectivity index (χ3n) is 4.19. The van der Waals surface area contributed by atoms with Crippen LogP contribution in [0.25, 0.3) is 10.9 Å². The minimum atomic E-state index is -3.73. The second-order valence-corrected chi connectivity index (χ2v) is 10.7. The maximum Gasteiger partial charge on any atom is 0.407 e. The molecule has 0 saturated heterocycles. The van der Waals surface area contributed by atoms with E-state index in [1.54, 1.807) is 57.3 Å². The summed E-state index contributed by atoms with van der Waals surface area (Å²) >= 11 is 2.14. The summed E-state index contributed by atoms with van der Waals surface area (Å²) in [4.78, 5) is 12.1. The Balaban J connectivity index is 1.88. The Morgan fingerprint density at radius 1 is 1.10 bits per heavy atom. The molecule has 154 valence electrons. The summed E-state index contributed by atoms with van der Waals surface area (Å²) in [5, 5.41) is 3.56. The average Bonchev–Trinajstić information content (AvgIpc) is 3.00. The topological polar surface area (TPSA) is 77.4 Å². The number of ether oxygens (including phenoxy) is 1. The van der Waals surface area contributed by atoms with Crippen LogP contribution >= 0.6 is 22.6 Å². The van der Waals surface area contributed by atoms with Crippen molar-refractivity contribution in [1.29, 1.82) is 0 Å². The molecule has 0 atom stereocenters. The van der Waals surface area contributed by atoms with Crippen LogP contribution in [0.2, 0.25) is 0 Å². The summed E-state index contributed by atoms with van der Waals surface area (Å²) < 4.78 is 33.9. The van der Waals surface area contributed by atoms with Gasteiger partial charge in [0.15, 0.2) is 0 Å². The van der Waals surface area contributed by atoms with Gasteiger partial charge in [-0.05, 0) is 85.7 Å². The normalized spacial score (nSPS) is 12.1. The predicted molar refractivity (Wildman–Crippen MR) is 122 cm³/mol. The van der Waals surface area contributed by atoms with Crippen molar-refractivity contribution in [3.63, 3.8) is 0 Å². The van der Waals surface area contributed by atoms with Crippen LogP contribution in [0.15, 0.2) is 59.6 Å². The van der Waals surface area contributed by atoms with Crippen molar-refractivity contribution in [3.05, 3.63) is 63.9 Å². The summed E-state index contributed by atoms with van der Waals surface area (Å²) in [5.74, 6) is 0. The fourth-order valence-electron chi connectivity index (χ4n) is 2.95. The number of fused-ring (bicyclic) bond motifs is 1. The van der Waals surface area contributed by atoms with Gasteiger partial charge in [-0.15, -0.1) is 0 Å². The molecule has 1 amide bonds. The third kappa shape index (κ3) is 5.11. The van der Waals surface area contributed by atoms with E-state index >= 15 is 0 Å². The van der Waals surface area contributed by atoms with Gasteiger partial charge in [-0.25, -0.2) is 17.2 Å². The molecule has 1 heterocycles. The van der Waals surface area contributed by atoms with Gasteiger partial charge in [-0.1, -0.05) is 18.2 Å². The van der Waals surface area contributed by atoms with Crippen LogP contribution in [0.4, 0.5) is 4.79 Å². The first-order chi connectivity index (χ1) is 13.6. The lowest BCUT2D eigenvalue weighted by atomic mass is 10.1. The first-order valence-corrected chi connectivity index (χ1v) is 11.7. The van der Waals surface area contributed by atoms with Gasteiger partial charge in [-0.2, -0.15) is 0 Å². The zero-order valence-corrected chi connectivity index (χ0v) is 19.5. The Labute approximate surface area is 184 Å². The van der Waals surface area contributed by atoms with Crippen LogP contribution in [-0.2, 0) is 21.2 Å². The highest BCUT2D eigenvalue weighted by molar-refractivity contribution is 14.1. The first kappa shape index (κ1) is 21.6. The highest BCUT2D eigenvalue weighted by Gasteiger charge is 2.21. The molecule has 1 aromatic heterocycles. The van der Waals surface area contributed by atoms with Crippen LogP contribution in [0, 0.1) is 3.57 Å². The molecule has 0 aliphatic heterocycles. The molecule has 0 fully saturated rings. The first-order valence-electron chi connectivity index (χ1n) is 9.15. The van der Waals surface area contributed by atoms with Crippen molar-refractivity contribution in [1.82, 2.24) is 9.29 Å². The van der Waals surface area contributed by atoms with E-state index in [2.05, 4.69) is 27.9 Å². The number of aromatic nitrogens is 1. The largest absolute Gasteiger partial charge is 0.444 e. The minimum Gasteiger partial charge on any atom is -0.444 e. The molecule has 0 radical (unpaired) electrons. The molecular formula is C21H23IN2O4S. The molecule has 0 unspecified atom stereocenters. The SMILES string of the molecule is CC(C)(C)OC(=O)NCCc1cn(S(=O)(=O)c2ccc(I)cc2)c2ccccc12. The molecule has 3 rings (SSSR count). The monoisotopic (exact) mass is 526 g/mol. The number of hydrogen-bond donors (Lipinski definition) is 1. The van der Waals surface area contributed by atoms with Gasteiger partial charge in [0.05, 0.1) is 10.4 Å². The summed E-state index contributed by atoms with van der Waals surface area (Å²) in [5.41, 5.74) is 0.880. The number of carbonyl (C=O) groups is 1. The zero-order valence-electron chi connectivity index (χ0n) is 16.5. The number of amides is 1. The van der Waals surface area contributed by atoms with Gasteiger partial charge < -0.3 is 10.1 Å². The Kier molecular flexibility index (Phi) is 6.23. The highest BCUT2D eigenvalue weighted by atomic mass is 127. The van der Waals surface area contributed by atoms with E-state index in [0.29, 0.717) is 18.5 Å². The van der Waals surface area contributed by atoms with Crippen molar-refractivity contribution in [2.75, 3.05) is 6.54 Å². The molecule has 0 saturated carbocycles. The highest BCUT2D eigenvalue weighted by Crippen LogP contribution is 2.26. The molecule has 3 aromatic rings. The van der Waals surface area contributed by atoms with Crippen molar-refractivity contribution in [2.45, 2.75) is 37.7 Å². The number of nitrogens with zero attached hydrogens (tertiary/aromatic N) is 1. The van der Waals surface area contributed by atoms with Gasteiger partial charge in [0, 0.05) is 21.7 Å². The maximum absolute atomic E-state index is 13.2. The molecule has 0 bridgehead atoms. The number of rotatable bonds is 5. The Morgan fingerprint density at radius 3 is 2.41 bits per heavy atom. The predicted octanol–water partition coefficient (Wildman–Crippen LogP) is 4.55. The molecule has 1 N–H and O–H groups in total. The lowest BCUT2D eigenvalue weighted by Gasteiger charge is -2.19. The van der Waals surface area contributed by atoms with Crippen molar-refractivity contribution in [3.8, 4) is 0 Å². The van der Waals surface area contributed by atoms with Gasteiger partial charge in [-0.3, -0.25) is 0 Å². The van der Waals surface area contributed by atoms with Crippen molar-refractivity contribution in [2.24, 2.45) is 0 Å². The number of carbonyl (C=O) groups excluding carboxylic acids is 1. The molecule has 0 spiro atoms. The number of para-hydroxylation sites is 1. The van der Waals surface area contributed by atoms with E-state index < -0.39 is 21.7 Å². The van der Waals surface area contributed by atoms with E-state index in [-0.39, 0.29) is 4.90 Å². The smallest absolute Gasteiger partial charge is 0.407 e. The number of benzene rings is 2. The molecule has 6 nitrogen and oxygen atoms in total. The van der Waals surface area contributed by atoms with Crippen molar-refractivity contribution < 1.29 is 17.9 Å². The molecular weight excluding hydrogens is 503 g/mol. The molecule has 8 heteroatoms. The summed E-state index contributed by atoms with van der Waals surface area (Å²) in [6.45, 7) is 5.74. The van der Waals surface area contributed by atoms with E-state index in [9.17, 15) is 13.2 Å². The molecule has 2 aromatic carbocycles. The molecule has 0 aliphatic rings. The maximum atomic E-state index is 13.2. The Bertz CT molecular complexity index is 1130. The number of alkyl carbamates (subject to hydrolysis) is 1. The molecule has 0 aliphatic carbocycles. The summed E-state index contributed by atoms with van der Waals surface area (Å²) in [7, 11) is -3.73. The standard InChI is InChI=1S/C21H23IN2O4S/c1-21(2,3)28-20(25)23-13-12-15-14-24(19-7-5-4-6-18(15)19)29(26,27)17-10-8-16(22)9-11-17/h4-11,14H,12-13H2,1-3H3,(H,23,25). The molecule has 29 heavy (non-hydrogen) atoms. The van der Waals surface area contributed by atoms with E-state index in [1.807, 2.05) is 18.2 Å². The lowest BCUT2D eigenvalue weighted by molar-refractivity contribution is 0.0528. The van der Waals surface area contributed by atoms with E-state index in [1.165, 1.54) is 3.97 Å². The zero-order chi connectivity index (χ0) is 21.2. The Morgan fingerprint density at radius 2 is 1.76 bits per heavy atom. The van der Waals surface area contributed by atoms with E-state index in [0.717, 1.165) is 14.5 Å². The van der Waals surface area contributed by atoms with Crippen LogP contribution in [0.3, 0.4) is 0 Å². The van der Waals surface area contributed by atoms with Crippen molar-refractivity contribution >= 4 is 49.6 Å².